The Kier molecular flexibility index (Phi) is 8.22. The van der Waals surface area contributed by atoms with Crippen LogP contribution >= 0.6 is 0 Å². The summed E-state index contributed by atoms with van der Waals surface area (Å²) in [5.41, 5.74) is 1.55. The average Bonchev–Trinajstić information content (AvgIpc) is 2.80. The zero-order valence-electron chi connectivity index (χ0n) is 17.6. The number of nitrogens with one attached hydrogen (secondary N) is 2. The minimum absolute atomic E-state index is 0.0839. The number of methoxy groups -OCH3 is 1. The lowest BCUT2D eigenvalue weighted by Gasteiger charge is -2.29. The maximum Gasteiger partial charge on any atom is 0.387 e. The number of nitrogens with zero attached hydrogens (tertiary/aromatic N) is 3. The fourth-order valence-corrected chi connectivity index (χ4v) is 3.24. The van der Waals surface area contributed by atoms with Gasteiger partial charge >= 0.3 is 6.61 Å². The molecule has 0 amide bonds. The Balaban J connectivity index is 1.64. The topological polar surface area (TPSA) is 80.2 Å². The number of alkyl halides is 2. The summed E-state index contributed by atoms with van der Waals surface area (Å²) in [4.78, 5) is 10.9. The first-order valence-corrected chi connectivity index (χ1v) is 9.93. The van der Waals surface area contributed by atoms with Crippen LogP contribution in [0, 0.1) is 0 Å². The fraction of sp³-hybridized carbons (Fsp3) is 0.429. The molecule has 2 heterocycles. The van der Waals surface area contributed by atoms with E-state index in [2.05, 4.69) is 30.2 Å². The molecule has 0 radical (unpaired) electrons. The molecule has 0 aliphatic carbocycles. The Labute approximate surface area is 180 Å². The smallest absolute Gasteiger partial charge is 0.387 e. The summed E-state index contributed by atoms with van der Waals surface area (Å²) in [5, 5.41) is 6.37. The average molecular weight is 435 g/mol. The summed E-state index contributed by atoms with van der Waals surface area (Å²) in [6.07, 6.45) is 1.77. The van der Waals surface area contributed by atoms with Crippen molar-refractivity contribution >= 4 is 11.8 Å². The van der Waals surface area contributed by atoms with Gasteiger partial charge in [0, 0.05) is 50.6 Å². The van der Waals surface area contributed by atoms with Gasteiger partial charge in [-0.2, -0.15) is 8.78 Å². The molecule has 168 valence electrons. The number of anilines is 1. The first-order chi connectivity index (χ1) is 15.1. The summed E-state index contributed by atoms with van der Waals surface area (Å²) in [6, 6.07) is 8.58. The van der Waals surface area contributed by atoms with Gasteiger partial charge in [0.2, 0.25) is 0 Å². The molecule has 1 saturated heterocycles. The second-order valence-electron chi connectivity index (χ2n) is 6.72. The fourth-order valence-electron chi connectivity index (χ4n) is 3.24. The number of benzene rings is 1. The highest BCUT2D eigenvalue weighted by Gasteiger charge is 2.16. The van der Waals surface area contributed by atoms with E-state index in [9.17, 15) is 8.78 Å². The summed E-state index contributed by atoms with van der Waals surface area (Å²) >= 11 is 0. The third-order valence-corrected chi connectivity index (χ3v) is 4.78. The van der Waals surface area contributed by atoms with Crippen LogP contribution in [0.3, 0.4) is 0 Å². The molecule has 2 aromatic rings. The van der Waals surface area contributed by atoms with Crippen LogP contribution < -0.4 is 25.0 Å². The van der Waals surface area contributed by atoms with Crippen LogP contribution in [0.1, 0.15) is 11.1 Å². The van der Waals surface area contributed by atoms with Gasteiger partial charge in [0.25, 0.3) is 0 Å². The zero-order chi connectivity index (χ0) is 22.1. The van der Waals surface area contributed by atoms with Crippen molar-refractivity contribution in [2.45, 2.75) is 19.7 Å². The number of ether oxygens (including phenoxy) is 3. The van der Waals surface area contributed by atoms with Crippen molar-refractivity contribution in [1.29, 1.82) is 0 Å². The van der Waals surface area contributed by atoms with Crippen LogP contribution in [0.5, 0.6) is 11.5 Å². The number of hydrogen-bond donors (Lipinski definition) is 2. The normalized spacial score (nSPS) is 14.5. The predicted molar refractivity (Wildman–Crippen MR) is 114 cm³/mol. The van der Waals surface area contributed by atoms with Gasteiger partial charge in [-0.15, -0.1) is 0 Å². The van der Waals surface area contributed by atoms with Crippen LogP contribution in [0.2, 0.25) is 0 Å². The number of pyridine rings is 1. The SMILES string of the molecule is CN=C(NCc1cc(OC)ccc1OC(F)F)NCc1cccnc1N1CCOCC1. The lowest BCUT2D eigenvalue weighted by Crippen LogP contribution is -2.39. The molecule has 2 N–H and O–H groups in total. The van der Waals surface area contributed by atoms with E-state index in [1.807, 2.05) is 12.1 Å². The molecule has 0 atom stereocenters. The van der Waals surface area contributed by atoms with Crippen molar-refractivity contribution < 1.29 is 23.0 Å². The third-order valence-electron chi connectivity index (χ3n) is 4.78. The molecule has 0 unspecified atom stereocenters. The van der Waals surface area contributed by atoms with E-state index < -0.39 is 6.61 Å². The molecular weight excluding hydrogens is 408 g/mol. The molecule has 1 aromatic carbocycles. The molecular formula is C21H27F2N5O3. The van der Waals surface area contributed by atoms with Gasteiger partial charge in [0.05, 0.1) is 20.3 Å². The second kappa shape index (κ2) is 11.3. The van der Waals surface area contributed by atoms with E-state index in [0.717, 1.165) is 24.5 Å². The Morgan fingerprint density at radius 2 is 1.94 bits per heavy atom. The van der Waals surface area contributed by atoms with Crippen LogP contribution in [-0.2, 0) is 17.8 Å². The molecule has 3 rings (SSSR count). The summed E-state index contributed by atoms with van der Waals surface area (Å²) in [7, 11) is 3.16. The van der Waals surface area contributed by atoms with E-state index in [1.54, 1.807) is 25.4 Å². The number of aromatic nitrogens is 1. The predicted octanol–water partition coefficient (Wildman–Crippen LogP) is 2.39. The number of morpholine rings is 1. The quantitative estimate of drug-likeness (QED) is 0.487. The van der Waals surface area contributed by atoms with Crippen molar-refractivity contribution in [3.8, 4) is 11.5 Å². The Morgan fingerprint density at radius 3 is 2.61 bits per heavy atom. The molecule has 8 nitrogen and oxygen atoms in total. The third kappa shape index (κ3) is 6.42. The minimum Gasteiger partial charge on any atom is -0.497 e. The molecule has 31 heavy (non-hydrogen) atoms. The second-order valence-corrected chi connectivity index (χ2v) is 6.72. The molecule has 0 spiro atoms. The Morgan fingerprint density at radius 1 is 1.19 bits per heavy atom. The Hall–Kier alpha value is -3.14. The van der Waals surface area contributed by atoms with Crippen molar-refractivity contribution in [2.75, 3.05) is 45.4 Å². The van der Waals surface area contributed by atoms with E-state index >= 15 is 0 Å². The first kappa shape index (κ1) is 22.5. The van der Waals surface area contributed by atoms with Crippen LogP contribution in [0.25, 0.3) is 0 Å². The van der Waals surface area contributed by atoms with E-state index in [-0.39, 0.29) is 12.3 Å². The zero-order valence-corrected chi connectivity index (χ0v) is 17.6. The highest BCUT2D eigenvalue weighted by Crippen LogP contribution is 2.25. The van der Waals surface area contributed by atoms with Gasteiger partial charge in [0.15, 0.2) is 5.96 Å². The van der Waals surface area contributed by atoms with E-state index in [4.69, 9.17) is 9.47 Å². The monoisotopic (exact) mass is 435 g/mol. The van der Waals surface area contributed by atoms with Crippen LogP contribution in [0.4, 0.5) is 14.6 Å². The standard InChI is InChI=1S/C21H27F2N5O3/c1-24-21(27-14-16-12-17(29-2)5-6-18(16)31-20(22)23)26-13-15-4-3-7-25-19(15)28-8-10-30-11-9-28/h3-7,12,20H,8-11,13-14H2,1-2H3,(H2,24,26,27). The lowest BCUT2D eigenvalue weighted by molar-refractivity contribution is -0.0505. The highest BCUT2D eigenvalue weighted by molar-refractivity contribution is 5.79. The van der Waals surface area contributed by atoms with Crippen molar-refractivity contribution in [3.63, 3.8) is 0 Å². The molecule has 10 heteroatoms. The van der Waals surface area contributed by atoms with Gasteiger partial charge in [-0.3, -0.25) is 4.99 Å². The molecule has 0 saturated carbocycles. The van der Waals surface area contributed by atoms with E-state index in [1.165, 1.54) is 13.2 Å². The maximum absolute atomic E-state index is 12.7. The van der Waals surface area contributed by atoms with Gasteiger partial charge in [-0.05, 0) is 24.3 Å². The summed E-state index contributed by atoms with van der Waals surface area (Å²) in [5.74, 6) is 2.06. The number of aliphatic imine (C=N–C) groups is 1. The maximum atomic E-state index is 12.7. The Bertz CT molecular complexity index is 876. The minimum atomic E-state index is -2.91. The van der Waals surface area contributed by atoms with Crippen LogP contribution in [-0.4, -0.2) is 58.0 Å². The molecule has 1 aliphatic rings. The first-order valence-electron chi connectivity index (χ1n) is 9.93. The van der Waals surface area contributed by atoms with Gasteiger partial charge in [-0.25, -0.2) is 4.98 Å². The highest BCUT2D eigenvalue weighted by atomic mass is 19.3. The summed E-state index contributed by atoms with van der Waals surface area (Å²) in [6.45, 7) is 0.751. The molecule has 1 fully saturated rings. The molecule has 0 bridgehead atoms. The largest absolute Gasteiger partial charge is 0.497 e. The van der Waals surface area contributed by atoms with E-state index in [0.29, 0.717) is 37.0 Å². The number of hydrogen-bond acceptors (Lipinski definition) is 6. The molecule has 1 aromatic heterocycles. The van der Waals surface area contributed by atoms with Crippen LogP contribution in [0.15, 0.2) is 41.5 Å². The lowest BCUT2D eigenvalue weighted by atomic mass is 10.2. The van der Waals surface area contributed by atoms with Gasteiger partial charge in [-0.1, -0.05) is 6.07 Å². The van der Waals surface area contributed by atoms with Crippen molar-refractivity contribution in [1.82, 2.24) is 15.6 Å². The number of rotatable bonds is 8. The molecule has 1 aliphatic heterocycles. The number of guanidine groups is 1. The van der Waals surface area contributed by atoms with Gasteiger partial charge < -0.3 is 29.7 Å². The van der Waals surface area contributed by atoms with Crippen molar-refractivity contribution in [2.24, 2.45) is 4.99 Å². The van der Waals surface area contributed by atoms with Gasteiger partial charge in [0.1, 0.15) is 17.3 Å². The summed E-state index contributed by atoms with van der Waals surface area (Å²) < 4.78 is 40.7. The van der Waals surface area contributed by atoms with Crippen molar-refractivity contribution in [3.05, 3.63) is 47.7 Å². The number of halogens is 2.